The lowest BCUT2D eigenvalue weighted by molar-refractivity contribution is -0.136. The summed E-state index contributed by atoms with van der Waals surface area (Å²) in [5.74, 6) is 0.300. The molecule has 1 fully saturated rings. The molecule has 0 aliphatic heterocycles. The van der Waals surface area contributed by atoms with Crippen LogP contribution in [0.3, 0.4) is 0 Å². The Bertz CT molecular complexity index is 215. The number of rotatable bonds is 3. The average molecular weight is 185 g/mol. The van der Waals surface area contributed by atoms with Gasteiger partial charge in [-0.05, 0) is 31.6 Å². The summed E-state index contributed by atoms with van der Waals surface area (Å²) in [5, 5.41) is 12.1. The van der Waals surface area contributed by atoms with Gasteiger partial charge in [0, 0.05) is 6.54 Å². The van der Waals surface area contributed by atoms with Gasteiger partial charge in [0.15, 0.2) is 0 Å². The largest absolute Gasteiger partial charge is 0.381 e. The first-order chi connectivity index (χ1) is 5.73. The third-order valence-corrected chi connectivity index (χ3v) is 2.78. The minimum Gasteiger partial charge on any atom is -0.381 e. The monoisotopic (exact) mass is 185 g/mol. The number of carbonyl (C=O) groups is 1. The zero-order valence-electron chi connectivity index (χ0n) is 8.85. The summed E-state index contributed by atoms with van der Waals surface area (Å²) >= 11 is 0. The van der Waals surface area contributed by atoms with E-state index in [0.717, 1.165) is 0 Å². The zero-order chi connectivity index (χ0) is 10.3. The Hall–Kier alpha value is -0.570. The van der Waals surface area contributed by atoms with Crippen molar-refractivity contribution in [2.24, 2.45) is 11.3 Å². The first kappa shape index (κ1) is 10.5. The molecule has 0 saturated heterocycles. The van der Waals surface area contributed by atoms with Crippen LogP contribution in [-0.2, 0) is 4.79 Å². The quantitative estimate of drug-likeness (QED) is 0.687. The minimum atomic E-state index is -1.25. The smallest absolute Gasteiger partial charge is 0.251 e. The van der Waals surface area contributed by atoms with E-state index >= 15 is 0 Å². The van der Waals surface area contributed by atoms with Crippen LogP contribution in [-0.4, -0.2) is 23.2 Å². The van der Waals surface area contributed by atoms with Gasteiger partial charge >= 0.3 is 0 Å². The summed E-state index contributed by atoms with van der Waals surface area (Å²) in [6.07, 6.45) is 1.17. The Balaban J connectivity index is 2.25. The summed E-state index contributed by atoms with van der Waals surface area (Å²) in [7, 11) is 0. The molecular weight excluding hydrogens is 166 g/mol. The first-order valence-electron chi connectivity index (χ1n) is 4.74. The maximum Gasteiger partial charge on any atom is 0.251 e. The first-order valence-corrected chi connectivity index (χ1v) is 4.74. The van der Waals surface area contributed by atoms with Gasteiger partial charge in [-0.1, -0.05) is 13.8 Å². The van der Waals surface area contributed by atoms with Crippen molar-refractivity contribution in [1.29, 1.82) is 0 Å². The van der Waals surface area contributed by atoms with Crippen molar-refractivity contribution < 1.29 is 9.90 Å². The highest BCUT2D eigenvalue weighted by Crippen LogP contribution is 2.50. The molecule has 0 aromatic heterocycles. The number of aliphatic hydroxyl groups is 1. The van der Waals surface area contributed by atoms with Gasteiger partial charge in [-0.2, -0.15) is 0 Å². The van der Waals surface area contributed by atoms with Gasteiger partial charge in [0.05, 0.1) is 0 Å². The van der Waals surface area contributed by atoms with Crippen LogP contribution in [0.4, 0.5) is 0 Å². The lowest BCUT2D eigenvalue weighted by Gasteiger charge is -2.16. The van der Waals surface area contributed by atoms with Crippen LogP contribution in [0.5, 0.6) is 0 Å². The highest BCUT2D eigenvalue weighted by Gasteiger charge is 2.45. The Morgan fingerprint density at radius 2 is 2.08 bits per heavy atom. The molecule has 76 valence electrons. The number of amides is 1. The predicted molar refractivity (Wildman–Crippen MR) is 51.2 cm³/mol. The van der Waals surface area contributed by atoms with Crippen LogP contribution in [0, 0.1) is 11.3 Å². The molecule has 2 N–H and O–H groups in total. The van der Waals surface area contributed by atoms with Gasteiger partial charge in [0.2, 0.25) is 0 Å². The van der Waals surface area contributed by atoms with Crippen molar-refractivity contribution in [3.8, 4) is 0 Å². The molecular formula is C10H19NO2. The van der Waals surface area contributed by atoms with E-state index in [2.05, 4.69) is 19.2 Å². The van der Waals surface area contributed by atoms with E-state index in [1.807, 2.05) is 0 Å². The summed E-state index contributed by atoms with van der Waals surface area (Å²) in [6, 6.07) is 0. The molecule has 1 rings (SSSR count). The summed E-state index contributed by atoms with van der Waals surface area (Å²) in [5.41, 5.74) is -0.869. The Morgan fingerprint density at radius 3 is 2.38 bits per heavy atom. The Labute approximate surface area is 79.5 Å². The van der Waals surface area contributed by atoms with Gasteiger partial charge in [0.25, 0.3) is 5.91 Å². The molecule has 1 amide bonds. The number of hydrogen-bond donors (Lipinski definition) is 2. The molecule has 0 heterocycles. The lowest BCUT2D eigenvalue weighted by atomic mass is 10.1. The highest BCUT2D eigenvalue weighted by atomic mass is 16.3. The van der Waals surface area contributed by atoms with Gasteiger partial charge in [0.1, 0.15) is 5.60 Å². The summed E-state index contributed by atoms with van der Waals surface area (Å²) in [6.45, 7) is 8.07. The van der Waals surface area contributed by atoms with Crippen LogP contribution >= 0.6 is 0 Å². The van der Waals surface area contributed by atoms with Gasteiger partial charge < -0.3 is 10.4 Å². The number of nitrogens with one attached hydrogen (secondary N) is 1. The number of carbonyl (C=O) groups excluding carboxylic acids is 1. The van der Waals surface area contributed by atoms with Crippen molar-refractivity contribution in [3.05, 3.63) is 0 Å². The second-order valence-electron chi connectivity index (χ2n) is 5.16. The van der Waals surface area contributed by atoms with E-state index in [0.29, 0.717) is 17.9 Å². The molecule has 0 aromatic carbocycles. The topological polar surface area (TPSA) is 49.3 Å². The third kappa shape index (κ3) is 2.69. The van der Waals surface area contributed by atoms with Crippen LogP contribution in [0.15, 0.2) is 0 Å². The van der Waals surface area contributed by atoms with E-state index in [1.54, 1.807) is 0 Å². The second kappa shape index (κ2) is 2.98. The molecule has 3 nitrogen and oxygen atoms in total. The normalized spacial score (nSPS) is 25.5. The third-order valence-electron chi connectivity index (χ3n) is 2.78. The van der Waals surface area contributed by atoms with Crippen molar-refractivity contribution in [2.75, 3.05) is 6.54 Å². The molecule has 0 aromatic rings. The maximum absolute atomic E-state index is 11.2. The molecule has 0 radical (unpaired) electrons. The molecule has 0 spiro atoms. The predicted octanol–water partition coefficient (Wildman–Crippen LogP) is 0.920. The second-order valence-corrected chi connectivity index (χ2v) is 5.16. The molecule has 0 bridgehead atoms. The molecule has 13 heavy (non-hydrogen) atoms. The molecule has 1 saturated carbocycles. The standard InChI is InChI=1S/C10H19NO2/c1-9(2)5-7(9)6-11-8(12)10(3,4)13/h7,13H,5-6H2,1-4H3,(H,11,12). The molecule has 1 atom stereocenters. The average Bonchev–Trinajstić information content (AvgIpc) is 2.52. The number of hydrogen-bond acceptors (Lipinski definition) is 2. The van der Waals surface area contributed by atoms with Gasteiger partial charge in [-0.15, -0.1) is 0 Å². The minimum absolute atomic E-state index is 0.282. The van der Waals surface area contributed by atoms with Gasteiger partial charge in [-0.25, -0.2) is 0 Å². The molecule has 3 heteroatoms. The van der Waals surface area contributed by atoms with Crippen molar-refractivity contribution in [2.45, 2.75) is 39.7 Å². The van der Waals surface area contributed by atoms with Crippen LogP contribution in [0.2, 0.25) is 0 Å². The van der Waals surface area contributed by atoms with Gasteiger partial charge in [-0.3, -0.25) is 4.79 Å². The van der Waals surface area contributed by atoms with Crippen LogP contribution in [0.1, 0.15) is 34.1 Å². The van der Waals surface area contributed by atoms with E-state index in [-0.39, 0.29) is 5.91 Å². The van der Waals surface area contributed by atoms with Crippen molar-refractivity contribution >= 4 is 5.91 Å². The highest BCUT2D eigenvalue weighted by molar-refractivity contribution is 5.83. The van der Waals surface area contributed by atoms with Crippen molar-refractivity contribution in [1.82, 2.24) is 5.32 Å². The van der Waals surface area contributed by atoms with E-state index < -0.39 is 5.60 Å². The fraction of sp³-hybridized carbons (Fsp3) is 0.900. The fourth-order valence-electron chi connectivity index (χ4n) is 1.36. The van der Waals surface area contributed by atoms with E-state index in [9.17, 15) is 9.90 Å². The van der Waals surface area contributed by atoms with Crippen LogP contribution in [0.25, 0.3) is 0 Å². The molecule has 1 aliphatic rings. The zero-order valence-corrected chi connectivity index (χ0v) is 8.85. The Kier molecular flexibility index (Phi) is 2.41. The maximum atomic E-state index is 11.2. The van der Waals surface area contributed by atoms with E-state index in [4.69, 9.17) is 0 Å². The molecule has 1 unspecified atom stereocenters. The SMILES string of the molecule is CC(C)(O)C(=O)NCC1CC1(C)C. The lowest BCUT2D eigenvalue weighted by Crippen LogP contribution is -2.42. The fourth-order valence-corrected chi connectivity index (χ4v) is 1.36. The summed E-state index contributed by atoms with van der Waals surface area (Å²) < 4.78 is 0. The Morgan fingerprint density at radius 1 is 1.62 bits per heavy atom. The van der Waals surface area contributed by atoms with Crippen molar-refractivity contribution in [3.63, 3.8) is 0 Å². The summed E-state index contributed by atoms with van der Waals surface area (Å²) in [4.78, 5) is 11.2. The molecule has 1 aliphatic carbocycles. The van der Waals surface area contributed by atoms with Crippen LogP contribution < -0.4 is 5.32 Å². The van der Waals surface area contributed by atoms with E-state index in [1.165, 1.54) is 20.3 Å².